The Labute approximate surface area is 145 Å². The molecule has 0 saturated heterocycles. The van der Waals surface area contributed by atoms with E-state index < -0.39 is 5.97 Å². The summed E-state index contributed by atoms with van der Waals surface area (Å²) in [5.41, 5.74) is 3.17. The van der Waals surface area contributed by atoms with Gasteiger partial charge in [0, 0.05) is 10.6 Å². The van der Waals surface area contributed by atoms with E-state index in [9.17, 15) is 9.90 Å². The number of halogens is 1. The van der Waals surface area contributed by atoms with E-state index in [1.807, 2.05) is 42.5 Å². The number of carbonyl (C=O) groups excluding carboxylic acids is 1. The summed E-state index contributed by atoms with van der Waals surface area (Å²) < 4.78 is 5.30. The van der Waals surface area contributed by atoms with Gasteiger partial charge in [0.15, 0.2) is 0 Å². The standard InChI is InChI=1S/C20H15ClO3/c21-19-4-2-1-3-17(19)13-24-20(23)16-7-5-14(6-8-16)15-9-11-18(22)12-10-15/h1-12,22H,13H2. The normalized spacial score (nSPS) is 10.4. The van der Waals surface area contributed by atoms with Crippen molar-refractivity contribution >= 4 is 17.6 Å². The Hall–Kier alpha value is -2.78. The van der Waals surface area contributed by atoms with Crippen LogP contribution in [0.5, 0.6) is 5.75 Å². The molecule has 0 unspecified atom stereocenters. The second-order valence-electron chi connectivity index (χ2n) is 5.29. The molecule has 0 atom stereocenters. The molecule has 0 bridgehead atoms. The van der Waals surface area contributed by atoms with E-state index in [1.54, 1.807) is 30.3 Å². The minimum absolute atomic E-state index is 0.137. The second-order valence-corrected chi connectivity index (χ2v) is 5.70. The Morgan fingerprint density at radius 1 is 0.875 bits per heavy atom. The molecule has 0 saturated carbocycles. The largest absolute Gasteiger partial charge is 0.508 e. The molecule has 4 heteroatoms. The lowest BCUT2D eigenvalue weighted by molar-refractivity contribution is 0.0473. The first-order chi connectivity index (χ1) is 11.6. The van der Waals surface area contributed by atoms with Gasteiger partial charge in [-0.05, 0) is 41.5 Å². The Balaban J connectivity index is 1.68. The fraction of sp³-hybridized carbons (Fsp3) is 0.0500. The molecule has 0 radical (unpaired) electrons. The maximum atomic E-state index is 12.1. The highest BCUT2D eigenvalue weighted by Crippen LogP contribution is 2.23. The molecule has 24 heavy (non-hydrogen) atoms. The van der Waals surface area contributed by atoms with Gasteiger partial charge in [0.1, 0.15) is 12.4 Å². The van der Waals surface area contributed by atoms with Crippen LogP contribution in [0.1, 0.15) is 15.9 Å². The minimum Gasteiger partial charge on any atom is -0.508 e. The molecular formula is C20H15ClO3. The molecule has 0 aliphatic rings. The first-order valence-corrected chi connectivity index (χ1v) is 7.81. The molecule has 3 aromatic rings. The second kappa shape index (κ2) is 7.20. The van der Waals surface area contributed by atoms with Crippen molar-refractivity contribution in [3.8, 4) is 16.9 Å². The predicted octanol–water partition coefficient (Wildman–Crippen LogP) is 5.07. The average molecular weight is 339 g/mol. The Morgan fingerprint density at radius 3 is 2.08 bits per heavy atom. The zero-order chi connectivity index (χ0) is 16.9. The van der Waals surface area contributed by atoms with Crippen molar-refractivity contribution in [3.63, 3.8) is 0 Å². The first kappa shape index (κ1) is 16.1. The number of carbonyl (C=O) groups is 1. The van der Waals surface area contributed by atoms with Gasteiger partial charge in [0.2, 0.25) is 0 Å². The van der Waals surface area contributed by atoms with Gasteiger partial charge < -0.3 is 9.84 Å². The summed E-state index contributed by atoms with van der Waals surface area (Å²) in [4.78, 5) is 12.1. The van der Waals surface area contributed by atoms with E-state index in [2.05, 4.69) is 0 Å². The Kier molecular flexibility index (Phi) is 4.82. The number of aromatic hydroxyl groups is 1. The third-order valence-electron chi connectivity index (χ3n) is 3.64. The van der Waals surface area contributed by atoms with Gasteiger partial charge in [-0.15, -0.1) is 0 Å². The molecule has 0 aromatic heterocycles. The monoisotopic (exact) mass is 338 g/mol. The third kappa shape index (κ3) is 3.76. The predicted molar refractivity (Wildman–Crippen MR) is 94.1 cm³/mol. The van der Waals surface area contributed by atoms with Gasteiger partial charge in [-0.25, -0.2) is 4.79 Å². The molecule has 3 rings (SSSR count). The van der Waals surface area contributed by atoms with Crippen molar-refractivity contribution in [2.75, 3.05) is 0 Å². The highest BCUT2D eigenvalue weighted by atomic mass is 35.5. The zero-order valence-electron chi connectivity index (χ0n) is 12.8. The quantitative estimate of drug-likeness (QED) is 0.675. The summed E-state index contributed by atoms with van der Waals surface area (Å²) >= 11 is 6.04. The van der Waals surface area contributed by atoms with E-state index in [-0.39, 0.29) is 12.4 Å². The van der Waals surface area contributed by atoms with Crippen LogP contribution in [0.2, 0.25) is 5.02 Å². The van der Waals surface area contributed by atoms with Crippen LogP contribution < -0.4 is 0 Å². The van der Waals surface area contributed by atoms with Crippen LogP contribution >= 0.6 is 11.6 Å². The highest BCUT2D eigenvalue weighted by Gasteiger charge is 2.09. The topological polar surface area (TPSA) is 46.5 Å². The van der Waals surface area contributed by atoms with Gasteiger partial charge in [0.05, 0.1) is 5.56 Å². The fourth-order valence-corrected chi connectivity index (χ4v) is 2.49. The van der Waals surface area contributed by atoms with E-state index >= 15 is 0 Å². The lowest BCUT2D eigenvalue weighted by Gasteiger charge is -2.07. The van der Waals surface area contributed by atoms with Crippen molar-refractivity contribution < 1.29 is 14.6 Å². The van der Waals surface area contributed by atoms with Crippen molar-refractivity contribution in [1.82, 2.24) is 0 Å². The van der Waals surface area contributed by atoms with Crippen molar-refractivity contribution in [2.24, 2.45) is 0 Å². The minimum atomic E-state index is -0.396. The van der Waals surface area contributed by atoms with Crippen LogP contribution in [0.4, 0.5) is 0 Å². The summed E-state index contributed by atoms with van der Waals surface area (Å²) in [6.45, 7) is 0.137. The number of benzene rings is 3. The first-order valence-electron chi connectivity index (χ1n) is 7.43. The smallest absolute Gasteiger partial charge is 0.338 e. The van der Waals surface area contributed by atoms with Crippen molar-refractivity contribution in [1.29, 1.82) is 0 Å². The fourth-order valence-electron chi connectivity index (χ4n) is 2.29. The molecule has 120 valence electrons. The molecule has 0 spiro atoms. The lowest BCUT2D eigenvalue weighted by Crippen LogP contribution is -2.05. The maximum Gasteiger partial charge on any atom is 0.338 e. The number of phenolic OH excluding ortho intramolecular Hbond substituents is 1. The van der Waals surface area contributed by atoms with E-state index in [4.69, 9.17) is 16.3 Å². The van der Waals surface area contributed by atoms with Crippen LogP contribution in [0.25, 0.3) is 11.1 Å². The lowest BCUT2D eigenvalue weighted by atomic mass is 10.0. The Bertz CT molecular complexity index is 840. The van der Waals surface area contributed by atoms with Crippen LogP contribution in [0.3, 0.4) is 0 Å². The van der Waals surface area contributed by atoms with Gasteiger partial charge in [-0.2, -0.15) is 0 Å². The van der Waals surface area contributed by atoms with Gasteiger partial charge >= 0.3 is 5.97 Å². The van der Waals surface area contributed by atoms with E-state index in [0.717, 1.165) is 16.7 Å². The molecule has 0 aliphatic carbocycles. The van der Waals surface area contributed by atoms with E-state index in [0.29, 0.717) is 10.6 Å². The van der Waals surface area contributed by atoms with E-state index in [1.165, 1.54) is 0 Å². The number of rotatable bonds is 4. The molecule has 0 heterocycles. The molecule has 0 fully saturated rings. The number of hydrogen-bond acceptors (Lipinski definition) is 3. The Morgan fingerprint density at radius 2 is 1.46 bits per heavy atom. The van der Waals surface area contributed by atoms with Crippen LogP contribution in [0, 0.1) is 0 Å². The molecule has 3 aromatic carbocycles. The summed E-state index contributed by atoms with van der Waals surface area (Å²) in [6, 6.07) is 21.3. The summed E-state index contributed by atoms with van der Waals surface area (Å²) in [6.07, 6.45) is 0. The van der Waals surface area contributed by atoms with Gasteiger partial charge in [-0.1, -0.05) is 54.1 Å². The number of ether oxygens (including phenoxy) is 1. The molecule has 3 nitrogen and oxygen atoms in total. The summed E-state index contributed by atoms with van der Waals surface area (Å²) in [7, 11) is 0. The van der Waals surface area contributed by atoms with Crippen molar-refractivity contribution in [3.05, 3.63) is 88.9 Å². The molecule has 0 aliphatic heterocycles. The molecular weight excluding hydrogens is 324 g/mol. The summed E-state index contributed by atoms with van der Waals surface area (Å²) in [5.74, 6) is -0.175. The molecule has 0 amide bonds. The maximum absolute atomic E-state index is 12.1. The highest BCUT2D eigenvalue weighted by molar-refractivity contribution is 6.31. The number of phenols is 1. The van der Waals surface area contributed by atoms with Gasteiger partial charge in [-0.3, -0.25) is 0 Å². The van der Waals surface area contributed by atoms with Gasteiger partial charge in [0.25, 0.3) is 0 Å². The average Bonchev–Trinajstić information content (AvgIpc) is 2.62. The van der Waals surface area contributed by atoms with Crippen LogP contribution in [-0.2, 0) is 11.3 Å². The van der Waals surface area contributed by atoms with Crippen LogP contribution in [0.15, 0.2) is 72.8 Å². The van der Waals surface area contributed by atoms with Crippen LogP contribution in [-0.4, -0.2) is 11.1 Å². The SMILES string of the molecule is O=C(OCc1ccccc1Cl)c1ccc(-c2ccc(O)cc2)cc1. The molecule has 1 N–H and O–H groups in total. The number of hydrogen-bond donors (Lipinski definition) is 1. The third-order valence-corrected chi connectivity index (χ3v) is 4.01. The summed E-state index contributed by atoms with van der Waals surface area (Å²) in [5, 5.41) is 9.90. The number of esters is 1. The zero-order valence-corrected chi connectivity index (χ0v) is 13.5. The van der Waals surface area contributed by atoms with Crippen molar-refractivity contribution in [2.45, 2.75) is 6.61 Å².